The molecule has 6 heteroatoms. The van der Waals surface area contributed by atoms with Gasteiger partial charge in [0.05, 0.1) is 23.9 Å². The summed E-state index contributed by atoms with van der Waals surface area (Å²) in [6.45, 7) is 1.34. The fraction of sp³-hybridized carbons (Fsp3) is 0.250. The molecule has 1 fully saturated rings. The largest absolute Gasteiger partial charge is 0.338 e. The van der Waals surface area contributed by atoms with Gasteiger partial charge in [-0.15, -0.1) is 0 Å². The van der Waals surface area contributed by atoms with Gasteiger partial charge in [-0.25, -0.2) is 9.37 Å². The van der Waals surface area contributed by atoms with Gasteiger partial charge in [0.25, 0.3) is 5.91 Å². The Balaban J connectivity index is 1.49. The lowest BCUT2D eigenvalue weighted by atomic mass is 9.94. The van der Waals surface area contributed by atoms with Crippen LogP contribution in [0.1, 0.15) is 34.8 Å². The quantitative estimate of drug-likeness (QED) is 0.727. The Hall–Kier alpha value is -3.02. The maximum atomic E-state index is 13.1. The number of nitrogens with zero attached hydrogens (tertiary/aromatic N) is 4. The Morgan fingerprint density at radius 1 is 1.19 bits per heavy atom. The third kappa shape index (κ3) is 3.35. The SMILES string of the molecule is O=C(c1ccc(F)cc1)N1CCC[C@H](c2cn(-c3cccnc3)cn2)C1. The number of hydrogen-bond acceptors (Lipinski definition) is 3. The second-order valence-electron chi connectivity index (χ2n) is 6.51. The van der Waals surface area contributed by atoms with E-state index >= 15 is 0 Å². The number of likely N-dealkylation sites (tertiary alicyclic amines) is 1. The van der Waals surface area contributed by atoms with Crippen LogP contribution in [0.25, 0.3) is 5.69 Å². The highest BCUT2D eigenvalue weighted by atomic mass is 19.1. The molecule has 0 bridgehead atoms. The second-order valence-corrected chi connectivity index (χ2v) is 6.51. The number of rotatable bonds is 3. The van der Waals surface area contributed by atoms with Crippen LogP contribution in [0.5, 0.6) is 0 Å². The summed E-state index contributed by atoms with van der Waals surface area (Å²) in [7, 11) is 0. The van der Waals surface area contributed by atoms with Gasteiger partial charge < -0.3 is 9.47 Å². The lowest BCUT2D eigenvalue weighted by Crippen LogP contribution is -2.39. The van der Waals surface area contributed by atoms with Crippen molar-refractivity contribution < 1.29 is 9.18 Å². The monoisotopic (exact) mass is 350 g/mol. The van der Waals surface area contributed by atoms with Gasteiger partial charge in [-0.2, -0.15) is 0 Å². The van der Waals surface area contributed by atoms with Gasteiger partial charge in [-0.1, -0.05) is 0 Å². The molecule has 1 aromatic carbocycles. The molecule has 0 radical (unpaired) electrons. The van der Waals surface area contributed by atoms with Gasteiger partial charge in [-0.05, 0) is 49.2 Å². The molecule has 1 aliphatic rings. The average molecular weight is 350 g/mol. The van der Waals surface area contributed by atoms with Crippen molar-refractivity contribution in [1.29, 1.82) is 0 Å². The van der Waals surface area contributed by atoms with Crippen LogP contribution in [-0.4, -0.2) is 38.4 Å². The molecule has 4 rings (SSSR count). The number of halogens is 1. The summed E-state index contributed by atoms with van der Waals surface area (Å²) in [5, 5.41) is 0. The van der Waals surface area contributed by atoms with Crippen molar-refractivity contribution in [2.45, 2.75) is 18.8 Å². The molecule has 3 aromatic rings. The molecule has 1 amide bonds. The standard InChI is InChI=1S/C20H19FN4O/c21-17-7-5-15(6-8-17)20(26)24-10-2-3-16(12-24)19-13-25(14-23-19)18-4-1-9-22-11-18/h1,4-9,11,13-14,16H,2-3,10,12H2/t16-/m0/s1. The molecular formula is C20H19FN4O. The number of piperidine rings is 1. The minimum atomic E-state index is -0.334. The zero-order valence-electron chi connectivity index (χ0n) is 14.3. The Morgan fingerprint density at radius 3 is 2.81 bits per heavy atom. The molecule has 2 aromatic heterocycles. The van der Waals surface area contributed by atoms with Gasteiger partial charge in [0.1, 0.15) is 5.82 Å². The van der Waals surface area contributed by atoms with E-state index in [4.69, 9.17) is 0 Å². The van der Waals surface area contributed by atoms with Crippen molar-refractivity contribution in [3.63, 3.8) is 0 Å². The highest BCUT2D eigenvalue weighted by Gasteiger charge is 2.27. The van der Waals surface area contributed by atoms with Crippen molar-refractivity contribution in [1.82, 2.24) is 19.4 Å². The average Bonchev–Trinajstić information content (AvgIpc) is 3.19. The number of imidazole rings is 1. The fourth-order valence-electron chi connectivity index (χ4n) is 3.37. The minimum Gasteiger partial charge on any atom is -0.338 e. The lowest BCUT2D eigenvalue weighted by molar-refractivity contribution is 0.0706. The predicted molar refractivity (Wildman–Crippen MR) is 95.6 cm³/mol. The highest BCUT2D eigenvalue weighted by molar-refractivity contribution is 5.94. The molecule has 0 N–H and O–H groups in total. The molecule has 1 atom stereocenters. The highest BCUT2D eigenvalue weighted by Crippen LogP contribution is 2.27. The number of pyridine rings is 1. The van der Waals surface area contributed by atoms with Gasteiger partial charge >= 0.3 is 0 Å². The molecule has 0 spiro atoms. The molecule has 5 nitrogen and oxygen atoms in total. The van der Waals surface area contributed by atoms with E-state index in [0.717, 1.165) is 30.8 Å². The topological polar surface area (TPSA) is 51.0 Å². The van der Waals surface area contributed by atoms with Crippen LogP contribution in [0.2, 0.25) is 0 Å². The third-order valence-electron chi connectivity index (χ3n) is 4.76. The van der Waals surface area contributed by atoms with Crippen LogP contribution in [0.3, 0.4) is 0 Å². The number of benzene rings is 1. The first-order valence-electron chi connectivity index (χ1n) is 8.70. The molecule has 1 aliphatic heterocycles. The Bertz CT molecular complexity index is 892. The first-order chi connectivity index (χ1) is 12.7. The Labute approximate surface area is 151 Å². The smallest absolute Gasteiger partial charge is 0.253 e. The van der Waals surface area contributed by atoms with Crippen LogP contribution < -0.4 is 0 Å². The first kappa shape index (κ1) is 16.4. The number of hydrogen-bond donors (Lipinski definition) is 0. The molecule has 132 valence electrons. The van der Waals surface area contributed by atoms with Crippen LogP contribution in [-0.2, 0) is 0 Å². The molecule has 0 aliphatic carbocycles. The van der Waals surface area contributed by atoms with E-state index < -0.39 is 0 Å². The summed E-state index contributed by atoms with van der Waals surface area (Å²) in [5.41, 5.74) is 2.46. The molecular weight excluding hydrogens is 331 g/mol. The van der Waals surface area contributed by atoms with E-state index in [9.17, 15) is 9.18 Å². The lowest BCUT2D eigenvalue weighted by Gasteiger charge is -2.32. The molecule has 26 heavy (non-hydrogen) atoms. The van der Waals surface area contributed by atoms with Crippen LogP contribution >= 0.6 is 0 Å². The van der Waals surface area contributed by atoms with E-state index in [-0.39, 0.29) is 17.6 Å². The van der Waals surface area contributed by atoms with Gasteiger partial charge in [0.2, 0.25) is 0 Å². The van der Waals surface area contributed by atoms with E-state index in [1.807, 2.05) is 27.8 Å². The van der Waals surface area contributed by atoms with E-state index in [1.165, 1.54) is 12.1 Å². The fourth-order valence-corrected chi connectivity index (χ4v) is 3.37. The molecule has 0 saturated carbocycles. The van der Waals surface area contributed by atoms with Crippen molar-refractivity contribution >= 4 is 5.91 Å². The van der Waals surface area contributed by atoms with Crippen molar-refractivity contribution in [2.75, 3.05) is 13.1 Å². The number of carbonyl (C=O) groups excluding carboxylic acids is 1. The summed E-state index contributed by atoms with van der Waals surface area (Å²) < 4.78 is 15.0. The Morgan fingerprint density at radius 2 is 2.04 bits per heavy atom. The molecule has 3 heterocycles. The van der Waals surface area contributed by atoms with Crippen LogP contribution in [0, 0.1) is 5.82 Å². The Kier molecular flexibility index (Phi) is 4.48. The molecule has 0 unspecified atom stereocenters. The summed E-state index contributed by atoms with van der Waals surface area (Å²) in [4.78, 5) is 23.2. The number of carbonyl (C=O) groups is 1. The van der Waals surface area contributed by atoms with Crippen LogP contribution in [0.15, 0.2) is 61.3 Å². The predicted octanol–water partition coefficient (Wildman–Crippen LogP) is 3.43. The maximum absolute atomic E-state index is 13.1. The summed E-state index contributed by atoms with van der Waals surface area (Å²) in [6, 6.07) is 9.59. The summed E-state index contributed by atoms with van der Waals surface area (Å²) >= 11 is 0. The van der Waals surface area contributed by atoms with Crippen LogP contribution in [0.4, 0.5) is 4.39 Å². The van der Waals surface area contributed by atoms with Gasteiger partial charge in [0.15, 0.2) is 0 Å². The van der Waals surface area contributed by atoms with E-state index in [0.29, 0.717) is 12.1 Å². The first-order valence-corrected chi connectivity index (χ1v) is 8.70. The van der Waals surface area contributed by atoms with E-state index in [1.54, 1.807) is 30.9 Å². The van der Waals surface area contributed by atoms with Crippen molar-refractivity contribution in [3.8, 4) is 5.69 Å². The number of aromatic nitrogens is 3. The van der Waals surface area contributed by atoms with Gasteiger partial charge in [-0.3, -0.25) is 9.78 Å². The minimum absolute atomic E-state index is 0.0543. The number of amides is 1. The normalized spacial score (nSPS) is 17.3. The molecule has 1 saturated heterocycles. The summed E-state index contributed by atoms with van der Waals surface area (Å²) in [6.07, 6.45) is 9.24. The van der Waals surface area contributed by atoms with Crippen molar-refractivity contribution in [2.24, 2.45) is 0 Å². The van der Waals surface area contributed by atoms with Crippen molar-refractivity contribution in [3.05, 3.63) is 78.4 Å². The summed E-state index contributed by atoms with van der Waals surface area (Å²) in [5.74, 6) is -0.188. The zero-order chi connectivity index (χ0) is 17.9. The second kappa shape index (κ2) is 7.07. The van der Waals surface area contributed by atoms with Gasteiger partial charge in [0, 0.05) is 37.0 Å². The maximum Gasteiger partial charge on any atom is 0.253 e. The zero-order valence-corrected chi connectivity index (χ0v) is 14.3. The third-order valence-corrected chi connectivity index (χ3v) is 4.76. The van der Waals surface area contributed by atoms with E-state index in [2.05, 4.69) is 9.97 Å².